The van der Waals surface area contributed by atoms with E-state index in [1.807, 2.05) is 48.5 Å². The third-order valence-corrected chi connectivity index (χ3v) is 5.63. The number of nitrogens with one attached hydrogen (secondary N) is 2. The van der Waals surface area contributed by atoms with E-state index in [0.717, 1.165) is 35.0 Å². The summed E-state index contributed by atoms with van der Waals surface area (Å²) >= 11 is 1.44. The molecule has 0 unspecified atom stereocenters. The smallest absolute Gasteiger partial charge is 0.238 e. The van der Waals surface area contributed by atoms with Crippen LogP contribution in [-0.2, 0) is 9.59 Å². The average molecular weight is 369 g/mol. The van der Waals surface area contributed by atoms with Crippen molar-refractivity contribution in [1.29, 1.82) is 0 Å². The van der Waals surface area contributed by atoms with E-state index in [4.69, 9.17) is 0 Å². The predicted molar refractivity (Wildman–Crippen MR) is 108 cm³/mol. The molecule has 0 spiro atoms. The van der Waals surface area contributed by atoms with Gasteiger partial charge in [0.25, 0.3) is 0 Å². The molecule has 1 aliphatic heterocycles. The number of thioether (sulfide) groups is 1. The van der Waals surface area contributed by atoms with Crippen LogP contribution in [0, 0.1) is 0 Å². The van der Waals surface area contributed by atoms with Crippen molar-refractivity contribution in [2.24, 2.45) is 0 Å². The van der Waals surface area contributed by atoms with Crippen molar-refractivity contribution >= 4 is 40.6 Å². The molecule has 136 valence electrons. The number of para-hydroxylation sites is 1. The Labute approximate surface area is 158 Å². The number of hydrogen-bond donors (Lipinski definition) is 2. The summed E-state index contributed by atoms with van der Waals surface area (Å²) in [6.45, 7) is 6.11. The van der Waals surface area contributed by atoms with Crippen molar-refractivity contribution in [3.8, 4) is 0 Å². The van der Waals surface area contributed by atoms with Gasteiger partial charge in [-0.2, -0.15) is 0 Å². The van der Waals surface area contributed by atoms with Gasteiger partial charge in [-0.05, 0) is 50.2 Å². The summed E-state index contributed by atoms with van der Waals surface area (Å²) in [5.41, 5.74) is 2.69. The van der Waals surface area contributed by atoms with Crippen molar-refractivity contribution < 1.29 is 9.59 Å². The molecular formula is C20H23N3O2S. The lowest BCUT2D eigenvalue weighted by atomic mass is 10.2. The minimum atomic E-state index is -0.417. The molecular weight excluding hydrogens is 346 g/mol. The Morgan fingerprint density at radius 3 is 2.50 bits per heavy atom. The average Bonchev–Trinajstić information content (AvgIpc) is 2.64. The van der Waals surface area contributed by atoms with Gasteiger partial charge in [0, 0.05) is 35.8 Å². The zero-order chi connectivity index (χ0) is 18.5. The van der Waals surface area contributed by atoms with Gasteiger partial charge in [-0.3, -0.25) is 9.59 Å². The van der Waals surface area contributed by atoms with Gasteiger partial charge >= 0.3 is 0 Å². The van der Waals surface area contributed by atoms with Crippen LogP contribution < -0.4 is 15.5 Å². The Morgan fingerprint density at radius 2 is 1.81 bits per heavy atom. The zero-order valence-corrected chi connectivity index (χ0v) is 15.8. The predicted octanol–water partition coefficient (Wildman–Crippen LogP) is 3.97. The Hall–Kier alpha value is -2.47. The Morgan fingerprint density at radius 1 is 1.12 bits per heavy atom. The van der Waals surface area contributed by atoms with Gasteiger partial charge in [-0.1, -0.05) is 12.1 Å². The molecule has 5 nitrogen and oxygen atoms in total. The molecule has 0 aliphatic carbocycles. The van der Waals surface area contributed by atoms with Gasteiger partial charge in [-0.15, -0.1) is 11.8 Å². The van der Waals surface area contributed by atoms with Crippen LogP contribution in [0.4, 0.5) is 17.1 Å². The fraction of sp³-hybridized carbons (Fsp3) is 0.300. The van der Waals surface area contributed by atoms with Crippen molar-refractivity contribution in [2.45, 2.75) is 30.4 Å². The van der Waals surface area contributed by atoms with Crippen LogP contribution in [0.3, 0.4) is 0 Å². The van der Waals surface area contributed by atoms with Gasteiger partial charge in [-0.25, -0.2) is 0 Å². The van der Waals surface area contributed by atoms with Gasteiger partial charge in [0.2, 0.25) is 11.8 Å². The molecule has 2 amide bonds. The topological polar surface area (TPSA) is 61.4 Å². The van der Waals surface area contributed by atoms with Crippen LogP contribution in [0.15, 0.2) is 53.4 Å². The summed E-state index contributed by atoms with van der Waals surface area (Å²) in [7, 11) is 0. The quantitative estimate of drug-likeness (QED) is 0.809. The van der Waals surface area contributed by atoms with Crippen LogP contribution >= 0.6 is 11.8 Å². The minimum Gasteiger partial charge on any atom is -0.372 e. The van der Waals surface area contributed by atoms with E-state index in [9.17, 15) is 9.59 Å². The summed E-state index contributed by atoms with van der Waals surface area (Å²) in [4.78, 5) is 27.8. The highest BCUT2D eigenvalue weighted by atomic mass is 32.2. The summed E-state index contributed by atoms with van der Waals surface area (Å²) in [6, 6.07) is 15.4. The summed E-state index contributed by atoms with van der Waals surface area (Å²) in [5, 5.41) is 5.34. The van der Waals surface area contributed by atoms with E-state index in [1.165, 1.54) is 11.8 Å². The summed E-state index contributed by atoms with van der Waals surface area (Å²) in [5.74, 6) is -0.284. The van der Waals surface area contributed by atoms with Crippen molar-refractivity contribution in [1.82, 2.24) is 0 Å². The molecule has 2 N–H and O–H groups in total. The van der Waals surface area contributed by atoms with Crippen molar-refractivity contribution in [2.75, 3.05) is 28.6 Å². The van der Waals surface area contributed by atoms with Crippen molar-refractivity contribution in [3.05, 3.63) is 48.5 Å². The van der Waals surface area contributed by atoms with E-state index in [0.29, 0.717) is 0 Å². The van der Waals surface area contributed by atoms with Crippen LogP contribution in [0.2, 0.25) is 0 Å². The highest BCUT2D eigenvalue weighted by molar-refractivity contribution is 8.01. The number of hydrogen-bond acceptors (Lipinski definition) is 4. The summed E-state index contributed by atoms with van der Waals surface area (Å²) in [6.07, 6.45) is 0.141. The summed E-state index contributed by atoms with van der Waals surface area (Å²) < 4.78 is 0. The van der Waals surface area contributed by atoms with Crippen LogP contribution in [0.25, 0.3) is 0 Å². The van der Waals surface area contributed by atoms with E-state index in [-0.39, 0.29) is 18.2 Å². The van der Waals surface area contributed by atoms with Crippen LogP contribution in [0.5, 0.6) is 0 Å². The first-order valence-corrected chi connectivity index (χ1v) is 9.70. The number of carbonyl (C=O) groups is 2. The number of amides is 2. The number of nitrogens with zero attached hydrogens (tertiary/aromatic N) is 1. The maximum atomic E-state index is 12.4. The maximum Gasteiger partial charge on any atom is 0.238 e. The second-order valence-corrected chi connectivity index (χ2v) is 7.31. The molecule has 26 heavy (non-hydrogen) atoms. The number of benzene rings is 2. The first-order chi connectivity index (χ1) is 12.6. The third-order valence-electron chi connectivity index (χ3n) is 4.36. The van der Waals surface area contributed by atoms with E-state index in [2.05, 4.69) is 29.4 Å². The zero-order valence-electron chi connectivity index (χ0n) is 15.0. The molecule has 3 rings (SSSR count). The van der Waals surface area contributed by atoms with Gasteiger partial charge < -0.3 is 15.5 Å². The lowest BCUT2D eigenvalue weighted by molar-refractivity contribution is -0.120. The van der Waals surface area contributed by atoms with Gasteiger partial charge in [0.05, 0.1) is 10.9 Å². The first-order valence-electron chi connectivity index (χ1n) is 8.82. The fourth-order valence-corrected chi connectivity index (χ4v) is 4.06. The number of carbonyl (C=O) groups excluding carboxylic acids is 2. The molecule has 0 fully saturated rings. The van der Waals surface area contributed by atoms with Crippen LogP contribution in [-0.4, -0.2) is 30.2 Å². The Balaban J connectivity index is 1.60. The van der Waals surface area contributed by atoms with Gasteiger partial charge in [0.1, 0.15) is 0 Å². The maximum absolute atomic E-state index is 12.4. The van der Waals surface area contributed by atoms with Crippen LogP contribution in [0.1, 0.15) is 20.3 Å². The molecule has 0 aromatic heterocycles. The second kappa shape index (κ2) is 8.27. The molecule has 1 heterocycles. The molecule has 0 saturated heterocycles. The number of fused-ring (bicyclic) bond motifs is 1. The molecule has 2 aromatic rings. The second-order valence-electron chi connectivity index (χ2n) is 6.06. The highest BCUT2D eigenvalue weighted by Crippen LogP contribution is 2.36. The molecule has 0 radical (unpaired) electrons. The number of anilines is 3. The highest BCUT2D eigenvalue weighted by Gasteiger charge is 2.28. The van der Waals surface area contributed by atoms with E-state index in [1.54, 1.807) is 0 Å². The largest absolute Gasteiger partial charge is 0.372 e. The molecule has 1 aliphatic rings. The van der Waals surface area contributed by atoms with E-state index < -0.39 is 5.25 Å². The lowest BCUT2D eigenvalue weighted by Gasteiger charge is -2.23. The van der Waals surface area contributed by atoms with Gasteiger partial charge in [0.15, 0.2) is 0 Å². The fourth-order valence-electron chi connectivity index (χ4n) is 2.95. The minimum absolute atomic E-state index is 0.124. The lowest BCUT2D eigenvalue weighted by Crippen LogP contribution is -2.32. The molecule has 1 atom stereocenters. The standard InChI is InChI=1S/C20H23N3O2S/c1-3-23(4-2)15-11-9-14(10-12-15)21-19(24)13-18-20(25)22-16-7-5-6-8-17(16)26-18/h5-12,18H,3-4,13H2,1-2H3,(H,21,24)(H,22,25)/t18-/m0/s1. The van der Waals surface area contributed by atoms with E-state index >= 15 is 0 Å². The van der Waals surface area contributed by atoms with Crippen molar-refractivity contribution in [3.63, 3.8) is 0 Å². The first kappa shape index (κ1) is 18.3. The molecule has 2 aromatic carbocycles. The molecule has 0 bridgehead atoms. The Kier molecular flexibility index (Phi) is 5.83. The monoisotopic (exact) mass is 369 g/mol. The number of rotatable bonds is 6. The normalized spacial score (nSPS) is 15.8. The third kappa shape index (κ3) is 4.19. The molecule has 6 heteroatoms. The Bertz CT molecular complexity index is 788. The SMILES string of the molecule is CCN(CC)c1ccc(NC(=O)C[C@@H]2Sc3ccccc3NC2=O)cc1. The molecule has 0 saturated carbocycles.